The molecule has 2 heteroatoms. The van der Waals surface area contributed by atoms with E-state index in [9.17, 15) is 0 Å². The second-order valence-corrected chi connectivity index (χ2v) is 4.98. The van der Waals surface area contributed by atoms with Gasteiger partial charge in [0.25, 0.3) is 0 Å². The van der Waals surface area contributed by atoms with Gasteiger partial charge in [-0.15, -0.1) is 0 Å². The molecular formula is C14H32N2. The SMILES string of the molecule is CCCCCCCCCCCCNN(C)C. The number of hydrogen-bond donors (Lipinski definition) is 1. The number of unbranched alkanes of at least 4 members (excludes halogenated alkanes) is 9. The van der Waals surface area contributed by atoms with Crippen molar-refractivity contribution in [2.45, 2.75) is 71.1 Å². The lowest BCUT2D eigenvalue weighted by atomic mass is 10.1. The minimum absolute atomic E-state index is 1.13. The zero-order valence-electron chi connectivity index (χ0n) is 11.7. The van der Waals surface area contributed by atoms with Gasteiger partial charge in [0.05, 0.1) is 0 Å². The third-order valence-corrected chi connectivity index (χ3v) is 2.96. The molecule has 0 aliphatic rings. The van der Waals surface area contributed by atoms with Crippen LogP contribution < -0.4 is 5.43 Å². The van der Waals surface area contributed by atoms with Gasteiger partial charge in [0.1, 0.15) is 0 Å². The molecule has 0 unspecified atom stereocenters. The summed E-state index contributed by atoms with van der Waals surface area (Å²) < 4.78 is 0. The Morgan fingerprint density at radius 3 is 1.56 bits per heavy atom. The minimum atomic E-state index is 1.13. The van der Waals surface area contributed by atoms with Crippen molar-refractivity contribution >= 4 is 0 Å². The van der Waals surface area contributed by atoms with E-state index in [2.05, 4.69) is 26.4 Å². The van der Waals surface area contributed by atoms with Crippen LogP contribution in [0, 0.1) is 0 Å². The molecule has 0 saturated carbocycles. The fraction of sp³-hybridized carbons (Fsp3) is 1.00. The molecule has 98 valence electrons. The predicted octanol–water partition coefficient (Wildman–Crippen LogP) is 3.97. The molecule has 0 rings (SSSR count). The van der Waals surface area contributed by atoms with E-state index >= 15 is 0 Å². The van der Waals surface area contributed by atoms with Gasteiger partial charge in [-0.05, 0) is 6.42 Å². The molecule has 0 aromatic carbocycles. The van der Waals surface area contributed by atoms with Crippen LogP contribution in [0.2, 0.25) is 0 Å². The summed E-state index contributed by atoms with van der Waals surface area (Å²) in [5.41, 5.74) is 3.30. The normalized spacial score (nSPS) is 11.2. The molecule has 16 heavy (non-hydrogen) atoms. The van der Waals surface area contributed by atoms with E-state index in [1.807, 2.05) is 5.01 Å². The number of rotatable bonds is 12. The van der Waals surface area contributed by atoms with Crippen molar-refractivity contribution in [3.05, 3.63) is 0 Å². The van der Waals surface area contributed by atoms with Gasteiger partial charge in [-0.25, -0.2) is 0 Å². The fourth-order valence-corrected chi connectivity index (χ4v) is 1.92. The maximum Gasteiger partial charge on any atom is 0.0102 e. The Kier molecular flexibility index (Phi) is 12.9. The van der Waals surface area contributed by atoms with Crippen molar-refractivity contribution in [1.82, 2.24) is 10.4 Å². The quantitative estimate of drug-likeness (QED) is 0.401. The van der Waals surface area contributed by atoms with Crippen molar-refractivity contribution in [1.29, 1.82) is 0 Å². The molecular weight excluding hydrogens is 196 g/mol. The third kappa shape index (κ3) is 13.9. The zero-order chi connectivity index (χ0) is 12.1. The Bertz CT molecular complexity index is 124. The van der Waals surface area contributed by atoms with E-state index in [1.54, 1.807) is 0 Å². The zero-order valence-corrected chi connectivity index (χ0v) is 11.7. The van der Waals surface area contributed by atoms with Gasteiger partial charge in [-0.3, -0.25) is 10.4 Å². The van der Waals surface area contributed by atoms with E-state index in [0.29, 0.717) is 0 Å². The lowest BCUT2D eigenvalue weighted by Crippen LogP contribution is -2.30. The van der Waals surface area contributed by atoms with Crippen molar-refractivity contribution in [2.75, 3.05) is 20.6 Å². The smallest absolute Gasteiger partial charge is 0.0102 e. The van der Waals surface area contributed by atoms with E-state index < -0.39 is 0 Å². The summed E-state index contributed by atoms with van der Waals surface area (Å²) in [4.78, 5) is 0. The second-order valence-electron chi connectivity index (χ2n) is 4.98. The maximum absolute atomic E-state index is 3.30. The van der Waals surface area contributed by atoms with Crippen LogP contribution in [0.4, 0.5) is 0 Å². The predicted molar refractivity (Wildman–Crippen MR) is 73.5 cm³/mol. The lowest BCUT2D eigenvalue weighted by Gasteiger charge is -2.11. The molecule has 0 aliphatic heterocycles. The van der Waals surface area contributed by atoms with Gasteiger partial charge in [0.15, 0.2) is 0 Å². The average molecular weight is 228 g/mol. The molecule has 0 saturated heterocycles. The molecule has 0 heterocycles. The molecule has 0 bridgehead atoms. The summed E-state index contributed by atoms with van der Waals surface area (Å²) in [6, 6.07) is 0. The van der Waals surface area contributed by atoms with Gasteiger partial charge >= 0.3 is 0 Å². The lowest BCUT2D eigenvalue weighted by molar-refractivity contribution is 0.286. The van der Waals surface area contributed by atoms with Crippen LogP contribution in [0.5, 0.6) is 0 Å². The molecule has 0 amide bonds. The first-order valence-electron chi connectivity index (χ1n) is 7.18. The summed E-state index contributed by atoms with van der Waals surface area (Å²) in [6.07, 6.45) is 14.1. The number of nitrogens with zero attached hydrogens (tertiary/aromatic N) is 1. The molecule has 0 aromatic rings. The van der Waals surface area contributed by atoms with Crippen molar-refractivity contribution in [3.63, 3.8) is 0 Å². The summed E-state index contributed by atoms with van der Waals surface area (Å²) in [5, 5.41) is 2.04. The summed E-state index contributed by atoms with van der Waals surface area (Å²) in [6.45, 7) is 3.41. The molecule has 2 nitrogen and oxygen atoms in total. The third-order valence-electron chi connectivity index (χ3n) is 2.96. The van der Waals surface area contributed by atoms with Gasteiger partial charge in [0, 0.05) is 20.6 Å². The van der Waals surface area contributed by atoms with Crippen LogP contribution >= 0.6 is 0 Å². The van der Waals surface area contributed by atoms with E-state index in [0.717, 1.165) is 6.54 Å². The minimum Gasteiger partial charge on any atom is -0.256 e. The molecule has 0 aliphatic carbocycles. The monoisotopic (exact) mass is 228 g/mol. The largest absolute Gasteiger partial charge is 0.256 e. The number of nitrogens with one attached hydrogen (secondary N) is 1. The molecule has 0 fully saturated rings. The van der Waals surface area contributed by atoms with E-state index in [-0.39, 0.29) is 0 Å². The summed E-state index contributed by atoms with van der Waals surface area (Å²) >= 11 is 0. The summed E-state index contributed by atoms with van der Waals surface area (Å²) in [7, 11) is 4.10. The van der Waals surface area contributed by atoms with Crippen molar-refractivity contribution < 1.29 is 0 Å². The Labute approximate surface area is 103 Å². The van der Waals surface area contributed by atoms with Gasteiger partial charge in [-0.1, -0.05) is 64.7 Å². The molecule has 1 N–H and O–H groups in total. The molecule has 0 aromatic heterocycles. The standard InChI is InChI=1S/C14H32N2/c1-4-5-6-7-8-9-10-11-12-13-14-15-16(2)3/h15H,4-14H2,1-3H3. The number of hydrogen-bond acceptors (Lipinski definition) is 2. The fourth-order valence-electron chi connectivity index (χ4n) is 1.92. The van der Waals surface area contributed by atoms with Gasteiger partial charge in [0.2, 0.25) is 0 Å². The van der Waals surface area contributed by atoms with Crippen LogP contribution in [0.15, 0.2) is 0 Å². The first-order chi connectivity index (χ1) is 7.77. The van der Waals surface area contributed by atoms with Crippen LogP contribution in [0.1, 0.15) is 71.1 Å². The second kappa shape index (κ2) is 13.0. The highest BCUT2D eigenvalue weighted by molar-refractivity contribution is 4.48. The highest BCUT2D eigenvalue weighted by Crippen LogP contribution is 2.10. The van der Waals surface area contributed by atoms with Crippen LogP contribution in [0.25, 0.3) is 0 Å². The maximum atomic E-state index is 3.30. The first kappa shape index (κ1) is 15.9. The van der Waals surface area contributed by atoms with Gasteiger partial charge < -0.3 is 0 Å². The van der Waals surface area contributed by atoms with Crippen molar-refractivity contribution in [2.24, 2.45) is 0 Å². The van der Waals surface area contributed by atoms with Crippen LogP contribution in [-0.4, -0.2) is 25.6 Å². The van der Waals surface area contributed by atoms with Crippen LogP contribution in [-0.2, 0) is 0 Å². The Morgan fingerprint density at radius 2 is 1.12 bits per heavy atom. The Morgan fingerprint density at radius 1 is 0.688 bits per heavy atom. The Hall–Kier alpha value is -0.0800. The van der Waals surface area contributed by atoms with Crippen molar-refractivity contribution in [3.8, 4) is 0 Å². The first-order valence-corrected chi connectivity index (χ1v) is 7.18. The van der Waals surface area contributed by atoms with E-state index in [4.69, 9.17) is 0 Å². The Balaban J connectivity index is 2.88. The van der Waals surface area contributed by atoms with E-state index in [1.165, 1.54) is 64.2 Å². The average Bonchev–Trinajstić information content (AvgIpc) is 2.25. The molecule has 0 atom stereocenters. The van der Waals surface area contributed by atoms with Crippen LogP contribution in [0.3, 0.4) is 0 Å². The highest BCUT2D eigenvalue weighted by atomic mass is 15.5. The topological polar surface area (TPSA) is 15.3 Å². The molecule has 0 radical (unpaired) electrons. The number of hydrazine groups is 1. The summed E-state index contributed by atoms with van der Waals surface area (Å²) in [5.74, 6) is 0. The highest BCUT2D eigenvalue weighted by Gasteiger charge is 1.93. The molecule has 0 spiro atoms. The van der Waals surface area contributed by atoms with Gasteiger partial charge in [-0.2, -0.15) is 0 Å².